The quantitative estimate of drug-likeness (QED) is 0.477. The number of hydrogen-bond donors (Lipinski definition) is 1. The van der Waals surface area contributed by atoms with E-state index < -0.39 is 5.97 Å². The molecule has 4 aromatic rings. The van der Waals surface area contributed by atoms with E-state index in [1.807, 2.05) is 35.7 Å². The van der Waals surface area contributed by atoms with Gasteiger partial charge in [0.15, 0.2) is 0 Å². The zero-order valence-electron chi connectivity index (χ0n) is 14.9. The molecule has 2 heterocycles. The van der Waals surface area contributed by atoms with Gasteiger partial charge in [0.1, 0.15) is 5.01 Å². The molecule has 0 fully saturated rings. The van der Waals surface area contributed by atoms with Gasteiger partial charge in [0.2, 0.25) is 0 Å². The highest BCUT2D eigenvalue weighted by Gasteiger charge is 2.09. The van der Waals surface area contributed by atoms with Gasteiger partial charge in [0.25, 0.3) is 0 Å². The third-order valence-electron chi connectivity index (χ3n) is 4.18. The summed E-state index contributed by atoms with van der Waals surface area (Å²) >= 11 is 1.54. The van der Waals surface area contributed by atoms with Crippen LogP contribution in [-0.2, 0) is 6.54 Å². The predicted molar refractivity (Wildman–Crippen MR) is 111 cm³/mol. The number of rotatable bonds is 6. The fourth-order valence-corrected chi connectivity index (χ4v) is 3.57. The van der Waals surface area contributed by atoms with Gasteiger partial charge in [-0.05, 0) is 17.2 Å². The van der Waals surface area contributed by atoms with E-state index >= 15 is 0 Å². The van der Waals surface area contributed by atoms with Gasteiger partial charge in [-0.1, -0.05) is 60.7 Å². The van der Waals surface area contributed by atoms with Crippen LogP contribution in [0.5, 0.6) is 0 Å². The first-order chi connectivity index (χ1) is 13.7. The lowest BCUT2D eigenvalue weighted by molar-refractivity contribution is 0.0697. The van der Waals surface area contributed by atoms with Crippen LogP contribution in [0.25, 0.3) is 23.4 Å². The second-order valence-corrected chi connectivity index (χ2v) is 7.17. The fraction of sp³-hybridized carbons (Fsp3) is 0.0455. The molecule has 0 radical (unpaired) electrons. The Balaban J connectivity index is 1.50. The Morgan fingerprint density at radius 1 is 1.07 bits per heavy atom. The molecular formula is C22H17N3O2S. The van der Waals surface area contributed by atoms with E-state index in [0.717, 1.165) is 27.4 Å². The molecule has 0 saturated heterocycles. The Morgan fingerprint density at radius 2 is 1.86 bits per heavy atom. The Labute approximate surface area is 166 Å². The molecule has 0 spiro atoms. The number of hydrogen-bond acceptors (Lipinski definition) is 4. The van der Waals surface area contributed by atoms with Crippen molar-refractivity contribution in [1.82, 2.24) is 14.8 Å². The lowest BCUT2D eigenvalue weighted by Gasteiger charge is -2.00. The molecule has 0 saturated carbocycles. The van der Waals surface area contributed by atoms with Crippen LogP contribution in [0.15, 0.2) is 72.4 Å². The Morgan fingerprint density at radius 3 is 2.64 bits per heavy atom. The summed E-state index contributed by atoms with van der Waals surface area (Å²) in [4.78, 5) is 15.6. The summed E-state index contributed by atoms with van der Waals surface area (Å²) in [5.41, 5.74) is 4.39. The first-order valence-corrected chi connectivity index (χ1v) is 9.59. The molecule has 1 N–H and O–H groups in total. The fourth-order valence-electron chi connectivity index (χ4n) is 2.77. The number of nitrogens with zero attached hydrogens (tertiary/aromatic N) is 3. The molecule has 0 bridgehead atoms. The van der Waals surface area contributed by atoms with Crippen LogP contribution in [0.1, 0.15) is 26.5 Å². The van der Waals surface area contributed by atoms with Crippen LogP contribution in [0, 0.1) is 0 Å². The van der Waals surface area contributed by atoms with Gasteiger partial charge < -0.3 is 5.11 Å². The average Bonchev–Trinajstić information content (AvgIpc) is 3.38. The molecule has 0 unspecified atom stereocenters. The molecule has 0 aliphatic carbocycles. The number of aromatic carboxylic acids is 1. The van der Waals surface area contributed by atoms with E-state index in [1.54, 1.807) is 4.68 Å². The van der Waals surface area contributed by atoms with Crippen molar-refractivity contribution in [3.8, 4) is 11.3 Å². The number of carbonyl (C=O) groups is 1. The van der Waals surface area contributed by atoms with Crippen molar-refractivity contribution in [2.45, 2.75) is 6.54 Å². The van der Waals surface area contributed by atoms with Gasteiger partial charge in [-0.25, -0.2) is 9.78 Å². The maximum Gasteiger partial charge on any atom is 0.338 e. The second kappa shape index (κ2) is 8.02. The van der Waals surface area contributed by atoms with E-state index in [-0.39, 0.29) is 5.56 Å². The zero-order valence-corrected chi connectivity index (χ0v) is 15.7. The highest BCUT2D eigenvalue weighted by molar-refractivity contribution is 7.09. The lowest BCUT2D eigenvalue weighted by atomic mass is 10.1. The molecule has 28 heavy (non-hydrogen) atoms. The largest absolute Gasteiger partial charge is 0.478 e. The normalized spacial score (nSPS) is 11.1. The lowest BCUT2D eigenvalue weighted by Crippen LogP contribution is -2.00. The number of thiazole rings is 1. The summed E-state index contributed by atoms with van der Waals surface area (Å²) in [6.07, 6.45) is 7.03. The Bertz CT molecular complexity index is 1130. The summed E-state index contributed by atoms with van der Waals surface area (Å²) in [7, 11) is 0. The summed E-state index contributed by atoms with van der Waals surface area (Å²) in [5, 5.41) is 15.9. The van der Waals surface area contributed by atoms with E-state index in [9.17, 15) is 4.79 Å². The Kier molecular flexibility index (Phi) is 5.12. The van der Waals surface area contributed by atoms with Gasteiger partial charge in [0.05, 0.1) is 24.0 Å². The zero-order chi connectivity index (χ0) is 19.3. The third kappa shape index (κ3) is 4.24. The van der Waals surface area contributed by atoms with Crippen molar-refractivity contribution in [2.75, 3.05) is 0 Å². The highest BCUT2D eigenvalue weighted by atomic mass is 32.1. The van der Waals surface area contributed by atoms with Crippen molar-refractivity contribution < 1.29 is 9.90 Å². The van der Waals surface area contributed by atoms with E-state index in [0.29, 0.717) is 6.54 Å². The number of aromatic nitrogens is 3. The van der Waals surface area contributed by atoms with Crippen molar-refractivity contribution >= 4 is 29.5 Å². The Hall–Kier alpha value is -3.51. The molecule has 2 aromatic heterocycles. The van der Waals surface area contributed by atoms with Crippen molar-refractivity contribution in [2.24, 2.45) is 0 Å². The minimum atomic E-state index is -0.980. The number of carboxylic acids is 1. The molecule has 0 amide bonds. The van der Waals surface area contributed by atoms with E-state index in [1.165, 1.54) is 23.7 Å². The maximum atomic E-state index is 11.0. The van der Waals surface area contributed by atoms with E-state index in [2.05, 4.69) is 46.5 Å². The molecule has 2 aromatic carbocycles. The highest BCUT2D eigenvalue weighted by Crippen LogP contribution is 2.24. The second-order valence-electron chi connectivity index (χ2n) is 6.23. The van der Waals surface area contributed by atoms with E-state index in [4.69, 9.17) is 5.11 Å². The predicted octanol–water partition coefficient (Wildman–Crippen LogP) is 4.92. The molecule has 5 nitrogen and oxygen atoms in total. The minimum absolute atomic E-state index is 0.176. The first kappa shape index (κ1) is 17.9. The summed E-state index contributed by atoms with van der Waals surface area (Å²) < 4.78 is 1.59. The summed E-state index contributed by atoms with van der Waals surface area (Å²) in [6, 6.07) is 18.4. The standard InChI is InChI=1S/C22H17N3O2S/c26-22(27)19-12-23-25(13-19)14-21-24-20(15-28-21)18-8-4-7-17(11-18)10-9-16-5-2-1-3-6-16/h1-13,15H,14H2,(H,26,27)/b10-9+. The maximum absolute atomic E-state index is 11.0. The van der Waals surface area contributed by atoms with Crippen molar-refractivity contribution in [3.05, 3.63) is 94.1 Å². The topological polar surface area (TPSA) is 68.0 Å². The SMILES string of the molecule is O=C(O)c1cnn(Cc2nc(-c3cccc(/C=C/c4ccccc4)c3)cs2)c1. The minimum Gasteiger partial charge on any atom is -0.478 e. The summed E-state index contributed by atoms with van der Waals surface area (Å²) in [6.45, 7) is 0.450. The van der Waals surface area contributed by atoms with Gasteiger partial charge in [-0.15, -0.1) is 11.3 Å². The smallest absolute Gasteiger partial charge is 0.338 e. The average molecular weight is 387 g/mol. The van der Waals surface area contributed by atoms with Gasteiger partial charge >= 0.3 is 5.97 Å². The molecule has 0 aliphatic heterocycles. The van der Waals surface area contributed by atoms with Crippen molar-refractivity contribution in [3.63, 3.8) is 0 Å². The molecule has 0 atom stereocenters. The van der Waals surface area contributed by atoms with Crippen LogP contribution in [0.4, 0.5) is 0 Å². The molecular weight excluding hydrogens is 370 g/mol. The van der Waals surface area contributed by atoms with Crippen LogP contribution < -0.4 is 0 Å². The molecule has 138 valence electrons. The number of carboxylic acid groups (broad SMARTS) is 1. The monoisotopic (exact) mass is 387 g/mol. The molecule has 4 rings (SSSR count). The molecule has 0 aliphatic rings. The number of benzene rings is 2. The van der Waals surface area contributed by atoms with Crippen LogP contribution in [0.3, 0.4) is 0 Å². The van der Waals surface area contributed by atoms with Crippen LogP contribution in [0.2, 0.25) is 0 Å². The molecule has 6 heteroatoms. The van der Waals surface area contributed by atoms with Gasteiger partial charge in [-0.2, -0.15) is 5.10 Å². The van der Waals surface area contributed by atoms with Gasteiger partial charge in [-0.3, -0.25) is 4.68 Å². The van der Waals surface area contributed by atoms with Crippen LogP contribution >= 0.6 is 11.3 Å². The summed E-state index contributed by atoms with van der Waals surface area (Å²) in [5.74, 6) is -0.980. The first-order valence-electron chi connectivity index (χ1n) is 8.71. The van der Waals surface area contributed by atoms with Crippen molar-refractivity contribution in [1.29, 1.82) is 0 Å². The third-order valence-corrected chi connectivity index (χ3v) is 5.01. The van der Waals surface area contributed by atoms with Crippen LogP contribution in [-0.4, -0.2) is 25.8 Å². The van der Waals surface area contributed by atoms with Gasteiger partial charge in [0, 0.05) is 17.1 Å².